The minimum Gasteiger partial charge on any atom is -0.0613 e. The summed E-state index contributed by atoms with van der Waals surface area (Å²) in [6, 6.07) is 6.84. The average molecular weight is 212 g/mol. The van der Waals surface area contributed by atoms with Gasteiger partial charge in [0.25, 0.3) is 0 Å². The van der Waals surface area contributed by atoms with E-state index in [4.69, 9.17) is 0 Å². The van der Waals surface area contributed by atoms with Crippen molar-refractivity contribution in [2.75, 3.05) is 0 Å². The first-order valence-corrected chi connectivity index (χ1v) is 6.05. The molecule has 0 aliphatic carbocycles. The predicted molar refractivity (Wildman–Crippen MR) is 72.3 cm³/mol. The monoisotopic (exact) mass is 212 g/mol. The van der Waals surface area contributed by atoms with Crippen molar-refractivity contribution in [2.45, 2.75) is 41.0 Å². The Bertz CT molecular complexity index is 548. The van der Waals surface area contributed by atoms with Gasteiger partial charge in [0.05, 0.1) is 0 Å². The largest absolute Gasteiger partial charge is 0.0613 e. The highest BCUT2D eigenvalue weighted by molar-refractivity contribution is 5.91. The van der Waals surface area contributed by atoms with Gasteiger partial charge in [-0.25, -0.2) is 0 Å². The van der Waals surface area contributed by atoms with Gasteiger partial charge in [0.1, 0.15) is 0 Å². The highest BCUT2D eigenvalue weighted by Gasteiger charge is 2.08. The van der Waals surface area contributed by atoms with E-state index < -0.39 is 0 Å². The summed E-state index contributed by atoms with van der Waals surface area (Å²) in [4.78, 5) is 0. The number of benzene rings is 2. The number of aryl methyl sites for hydroxylation is 4. The molecule has 0 aliphatic rings. The lowest BCUT2D eigenvalue weighted by atomic mass is 9.91. The molecule has 2 rings (SSSR count). The molecule has 0 fully saturated rings. The van der Waals surface area contributed by atoms with Crippen LogP contribution in [0.15, 0.2) is 18.2 Å². The smallest absolute Gasteiger partial charge is 0.0120 e. The van der Waals surface area contributed by atoms with Crippen LogP contribution in [0.5, 0.6) is 0 Å². The minimum atomic E-state index is 1.12. The van der Waals surface area contributed by atoms with Crippen LogP contribution in [0.3, 0.4) is 0 Å². The molecule has 0 atom stereocenters. The Hall–Kier alpha value is -1.30. The summed E-state index contributed by atoms with van der Waals surface area (Å²) < 4.78 is 0. The van der Waals surface area contributed by atoms with Crippen molar-refractivity contribution in [1.82, 2.24) is 0 Å². The van der Waals surface area contributed by atoms with E-state index in [2.05, 4.69) is 52.8 Å². The van der Waals surface area contributed by atoms with Gasteiger partial charge in [-0.05, 0) is 72.7 Å². The Morgan fingerprint density at radius 2 is 1.56 bits per heavy atom. The van der Waals surface area contributed by atoms with E-state index >= 15 is 0 Å². The number of fused-ring (bicyclic) bond motifs is 1. The summed E-state index contributed by atoms with van der Waals surface area (Å²) in [7, 11) is 0. The van der Waals surface area contributed by atoms with E-state index in [1.165, 1.54) is 38.6 Å². The van der Waals surface area contributed by atoms with Crippen molar-refractivity contribution in [2.24, 2.45) is 0 Å². The zero-order chi connectivity index (χ0) is 11.9. The Morgan fingerprint density at radius 3 is 2.19 bits per heavy atom. The van der Waals surface area contributed by atoms with E-state index in [0.717, 1.165) is 6.42 Å². The number of rotatable bonds is 1. The van der Waals surface area contributed by atoms with Crippen molar-refractivity contribution in [3.05, 3.63) is 46.0 Å². The van der Waals surface area contributed by atoms with Gasteiger partial charge in [-0.1, -0.05) is 25.1 Å². The fraction of sp³-hybridized carbons (Fsp3) is 0.375. The van der Waals surface area contributed by atoms with Crippen LogP contribution in [0.25, 0.3) is 10.8 Å². The maximum Gasteiger partial charge on any atom is -0.0120 e. The average Bonchev–Trinajstić information content (AvgIpc) is 2.26. The molecule has 0 heterocycles. The Morgan fingerprint density at radius 1 is 0.875 bits per heavy atom. The highest BCUT2D eigenvalue weighted by atomic mass is 14.1. The zero-order valence-electron chi connectivity index (χ0n) is 10.9. The summed E-state index contributed by atoms with van der Waals surface area (Å²) in [5.41, 5.74) is 7.21. The van der Waals surface area contributed by atoms with Gasteiger partial charge >= 0.3 is 0 Å². The third-order valence-electron chi connectivity index (χ3n) is 3.89. The van der Waals surface area contributed by atoms with Gasteiger partial charge in [-0.15, -0.1) is 0 Å². The molecule has 0 nitrogen and oxygen atoms in total. The van der Waals surface area contributed by atoms with Crippen molar-refractivity contribution < 1.29 is 0 Å². The van der Waals surface area contributed by atoms with Crippen LogP contribution >= 0.6 is 0 Å². The molecular weight excluding hydrogens is 192 g/mol. The standard InChI is InChI=1S/C16H20/c1-6-14-7-8-15-9-10(2)11(3)12(4)16(15)13(14)5/h7-9H,6H2,1-5H3. The lowest BCUT2D eigenvalue weighted by Gasteiger charge is -2.14. The summed E-state index contributed by atoms with van der Waals surface area (Å²) in [5.74, 6) is 0. The quantitative estimate of drug-likeness (QED) is 0.646. The number of hydrogen-bond acceptors (Lipinski definition) is 0. The minimum absolute atomic E-state index is 1.12. The van der Waals surface area contributed by atoms with E-state index in [1.54, 1.807) is 0 Å². The molecule has 0 aliphatic heterocycles. The summed E-state index contributed by atoms with van der Waals surface area (Å²) in [5, 5.41) is 2.85. The van der Waals surface area contributed by atoms with Gasteiger partial charge in [-0.3, -0.25) is 0 Å². The Labute approximate surface area is 98.3 Å². The predicted octanol–water partition coefficient (Wildman–Crippen LogP) is 4.64. The van der Waals surface area contributed by atoms with E-state index in [-0.39, 0.29) is 0 Å². The molecular formula is C16H20. The molecule has 0 aromatic heterocycles. The molecule has 0 spiro atoms. The first kappa shape index (κ1) is 11.2. The maximum absolute atomic E-state index is 2.31. The first-order valence-electron chi connectivity index (χ1n) is 6.05. The van der Waals surface area contributed by atoms with Crippen LogP contribution in [-0.4, -0.2) is 0 Å². The molecule has 0 saturated carbocycles. The van der Waals surface area contributed by atoms with Gasteiger partial charge in [0, 0.05) is 0 Å². The molecule has 0 saturated heterocycles. The van der Waals surface area contributed by atoms with Crippen LogP contribution in [-0.2, 0) is 6.42 Å². The number of hydrogen-bond donors (Lipinski definition) is 0. The molecule has 0 N–H and O–H groups in total. The second-order valence-corrected chi connectivity index (χ2v) is 4.74. The maximum atomic E-state index is 2.31. The SMILES string of the molecule is CCc1ccc2cc(C)c(C)c(C)c2c1C. The summed E-state index contributed by atoms with van der Waals surface area (Å²) >= 11 is 0. The van der Waals surface area contributed by atoms with Crippen LogP contribution in [0.4, 0.5) is 0 Å². The first-order chi connectivity index (χ1) is 7.56. The van der Waals surface area contributed by atoms with Gasteiger partial charge < -0.3 is 0 Å². The van der Waals surface area contributed by atoms with E-state index in [1.807, 2.05) is 0 Å². The molecule has 84 valence electrons. The molecule has 0 unspecified atom stereocenters. The van der Waals surface area contributed by atoms with Gasteiger partial charge in [-0.2, -0.15) is 0 Å². The van der Waals surface area contributed by atoms with E-state index in [0.29, 0.717) is 0 Å². The lowest BCUT2D eigenvalue weighted by molar-refractivity contribution is 1.12. The van der Waals surface area contributed by atoms with E-state index in [9.17, 15) is 0 Å². The van der Waals surface area contributed by atoms with Crippen molar-refractivity contribution in [3.63, 3.8) is 0 Å². The molecule has 0 bridgehead atoms. The lowest BCUT2D eigenvalue weighted by Crippen LogP contribution is -1.94. The third-order valence-corrected chi connectivity index (χ3v) is 3.89. The van der Waals surface area contributed by atoms with Gasteiger partial charge in [0.15, 0.2) is 0 Å². The van der Waals surface area contributed by atoms with Gasteiger partial charge in [0.2, 0.25) is 0 Å². The van der Waals surface area contributed by atoms with Crippen molar-refractivity contribution in [1.29, 1.82) is 0 Å². The molecule has 16 heavy (non-hydrogen) atoms. The highest BCUT2D eigenvalue weighted by Crippen LogP contribution is 2.29. The zero-order valence-corrected chi connectivity index (χ0v) is 10.9. The Kier molecular flexibility index (Phi) is 2.75. The Balaban J connectivity index is 2.92. The molecule has 0 radical (unpaired) electrons. The molecule has 2 aromatic rings. The molecule has 0 amide bonds. The molecule has 2 aromatic carbocycles. The molecule has 0 heteroatoms. The van der Waals surface area contributed by atoms with Crippen LogP contribution < -0.4 is 0 Å². The van der Waals surface area contributed by atoms with Crippen LogP contribution in [0.1, 0.15) is 34.7 Å². The summed E-state index contributed by atoms with van der Waals surface area (Å²) in [6.07, 6.45) is 1.12. The second kappa shape index (κ2) is 3.93. The normalized spacial score (nSPS) is 11.1. The third kappa shape index (κ3) is 1.53. The van der Waals surface area contributed by atoms with Crippen molar-refractivity contribution >= 4 is 10.8 Å². The van der Waals surface area contributed by atoms with Crippen LogP contribution in [0.2, 0.25) is 0 Å². The van der Waals surface area contributed by atoms with Crippen LogP contribution in [0, 0.1) is 27.7 Å². The summed E-state index contributed by atoms with van der Waals surface area (Å²) in [6.45, 7) is 11.2. The van der Waals surface area contributed by atoms with Crippen molar-refractivity contribution in [3.8, 4) is 0 Å². The fourth-order valence-electron chi connectivity index (χ4n) is 2.60. The topological polar surface area (TPSA) is 0 Å². The fourth-order valence-corrected chi connectivity index (χ4v) is 2.60. The second-order valence-electron chi connectivity index (χ2n) is 4.74.